The maximum atomic E-state index is 12.5. The van der Waals surface area contributed by atoms with Crippen LogP contribution in [-0.4, -0.2) is 44.4 Å². The molecule has 0 aliphatic rings. The number of nitrogens with one attached hydrogen (secondary N) is 3. The Morgan fingerprint density at radius 3 is 2.45 bits per heavy atom. The highest BCUT2D eigenvalue weighted by Crippen LogP contribution is 2.21. The van der Waals surface area contributed by atoms with E-state index in [1.165, 1.54) is 0 Å². The van der Waals surface area contributed by atoms with Gasteiger partial charge in [-0.25, -0.2) is 0 Å². The van der Waals surface area contributed by atoms with Crippen LogP contribution in [0.25, 0.3) is 0 Å². The highest BCUT2D eigenvalue weighted by atomic mass is 127. The van der Waals surface area contributed by atoms with E-state index in [4.69, 9.17) is 26.4 Å². The van der Waals surface area contributed by atoms with E-state index in [9.17, 15) is 9.59 Å². The Hall–Kier alpha value is -2.44. The number of para-hydroxylation sites is 1. The summed E-state index contributed by atoms with van der Waals surface area (Å²) >= 11 is 7.14. The highest BCUT2D eigenvalue weighted by Gasteiger charge is 2.14. The second-order valence-electron chi connectivity index (χ2n) is 5.55. The quantitative estimate of drug-likeness (QED) is 0.219. The van der Waals surface area contributed by atoms with Gasteiger partial charge in [-0.1, -0.05) is 12.1 Å². The monoisotopic (exact) mass is 529 g/mol. The minimum absolute atomic E-state index is 0.0572. The van der Waals surface area contributed by atoms with Crippen LogP contribution in [0.5, 0.6) is 11.5 Å². The van der Waals surface area contributed by atoms with Crippen molar-refractivity contribution in [2.75, 3.05) is 27.4 Å². The molecular weight excluding hydrogens is 509 g/mol. The zero-order valence-corrected chi connectivity index (χ0v) is 18.8. The maximum Gasteiger partial charge on any atom is 0.269 e. The summed E-state index contributed by atoms with van der Waals surface area (Å²) in [6.45, 7) is 0.701. The summed E-state index contributed by atoms with van der Waals surface area (Å²) in [7, 11) is 3.12. The summed E-state index contributed by atoms with van der Waals surface area (Å²) in [5.74, 6) is 0.195. The van der Waals surface area contributed by atoms with Gasteiger partial charge in [-0.15, -0.1) is 0 Å². The van der Waals surface area contributed by atoms with E-state index >= 15 is 0 Å². The average Bonchev–Trinajstić information content (AvgIpc) is 2.72. The molecular formula is C19H20IN3O5S. The van der Waals surface area contributed by atoms with Gasteiger partial charge in [-0.3, -0.25) is 25.8 Å². The number of hydrazine groups is 1. The number of amides is 2. The van der Waals surface area contributed by atoms with Crippen LogP contribution in [-0.2, 0) is 4.74 Å². The largest absolute Gasteiger partial charge is 0.496 e. The van der Waals surface area contributed by atoms with Crippen molar-refractivity contribution >= 4 is 51.7 Å². The number of halogens is 1. The van der Waals surface area contributed by atoms with Crippen molar-refractivity contribution in [3.8, 4) is 11.5 Å². The number of carbonyl (C=O) groups excluding carboxylic acids is 2. The summed E-state index contributed by atoms with van der Waals surface area (Å²) in [6.07, 6.45) is 0. The number of hydrogen-bond acceptors (Lipinski definition) is 6. The van der Waals surface area contributed by atoms with Crippen molar-refractivity contribution in [2.45, 2.75) is 0 Å². The first-order valence-electron chi connectivity index (χ1n) is 8.42. The second kappa shape index (κ2) is 11.5. The molecule has 2 aromatic carbocycles. The number of thiocarbonyl (C=S) groups is 1. The first-order chi connectivity index (χ1) is 14.0. The Kier molecular flexibility index (Phi) is 9.09. The van der Waals surface area contributed by atoms with Gasteiger partial charge in [0.1, 0.15) is 18.1 Å². The smallest absolute Gasteiger partial charge is 0.269 e. The SMILES string of the molecule is COCCOc1ccccc1C(=O)NC(=S)NNC(=O)c1ccc(OC)c(I)c1. The van der Waals surface area contributed by atoms with E-state index in [1.807, 2.05) is 0 Å². The lowest BCUT2D eigenvalue weighted by atomic mass is 10.2. The predicted molar refractivity (Wildman–Crippen MR) is 120 cm³/mol. The van der Waals surface area contributed by atoms with Crippen molar-refractivity contribution in [1.82, 2.24) is 16.2 Å². The van der Waals surface area contributed by atoms with Crippen molar-refractivity contribution in [1.29, 1.82) is 0 Å². The molecule has 0 aliphatic heterocycles. The summed E-state index contributed by atoms with van der Waals surface area (Å²) in [5.41, 5.74) is 5.67. The second-order valence-corrected chi connectivity index (χ2v) is 7.12. The van der Waals surface area contributed by atoms with Gasteiger partial charge in [0, 0.05) is 12.7 Å². The fraction of sp³-hybridized carbons (Fsp3) is 0.211. The molecule has 8 nitrogen and oxygen atoms in total. The molecule has 10 heteroatoms. The van der Waals surface area contributed by atoms with Crippen molar-refractivity contribution in [3.63, 3.8) is 0 Å². The Labute approximate surface area is 187 Å². The van der Waals surface area contributed by atoms with Gasteiger partial charge < -0.3 is 14.2 Å². The van der Waals surface area contributed by atoms with Crippen molar-refractivity contribution in [2.24, 2.45) is 0 Å². The van der Waals surface area contributed by atoms with Gasteiger partial charge >= 0.3 is 0 Å². The van der Waals surface area contributed by atoms with Crippen molar-refractivity contribution in [3.05, 3.63) is 57.2 Å². The number of methoxy groups -OCH3 is 2. The molecule has 154 valence electrons. The Morgan fingerprint density at radius 1 is 1.00 bits per heavy atom. The molecule has 3 N–H and O–H groups in total. The topological polar surface area (TPSA) is 97.9 Å². The number of rotatable bonds is 7. The molecule has 0 aromatic heterocycles. The van der Waals surface area contributed by atoms with E-state index in [-0.39, 0.29) is 5.11 Å². The third kappa shape index (κ3) is 6.84. The van der Waals surface area contributed by atoms with Gasteiger partial charge in [0.2, 0.25) is 0 Å². The van der Waals surface area contributed by atoms with Gasteiger partial charge in [0.05, 0.1) is 22.9 Å². The first-order valence-corrected chi connectivity index (χ1v) is 9.91. The zero-order valence-electron chi connectivity index (χ0n) is 15.8. The van der Waals surface area contributed by atoms with Crippen LogP contribution in [0.1, 0.15) is 20.7 Å². The average molecular weight is 529 g/mol. The number of ether oxygens (including phenoxy) is 3. The molecule has 0 atom stereocenters. The molecule has 0 fully saturated rings. The lowest BCUT2D eigenvalue weighted by molar-refractivity contribution is 0.0933. The van der Waals surface area contributed by atoms with E-state index in [0.29, 0.717) is 35.8 Å². The summed E-state index contributed by atoms with van der Waals surface area (Å²) in [6, 6.07) is 11.7. The van der Waals surface area contributed by atoms with Crippen LogP contribution in [0.4, 0.5) is 0 Å². The van der Waals surface area contributed by atoms with Crippen LogP contribution < -0.4 is 25.6 Å². The molecule has 0 spiro atoms. The molecule has 0 unspecified atom stereocenters. The first kappa shape index (κ1) is 22.8. The molecule has 0 aliphatic carbocycles. The van der Waals surface area contributed by atoms with Crippen LogP contribution in [0.15, 0.2) is 42.5 Å². The van der Waals surface area contributed by atoms with Crippen LogP contribution >= 0.6 is 34.8 Å². The minimum Gasteiger partial charge on any atom is -0.496 e. The molecule has 0 heterocycles. The lowest BCUT2D eigenvalue weighted by Gasteiger charge is -2.13. The number of carbonyl (C=O) groups is 2. The molecule has 2 aromatic rings. The molecule has 2 rings (SSSR count). The van der Waals surface area contributed by atoms with Crippen molar-refractivity contribution < 1.29 is 23.8 Å². The van der Waals surface area contributed by atoms with Crippen LogP contribution in [0.2, 0.25) is 0 Å². The minimum atomic E-state index is -0.469. The predicted octanol–water partition coefficient (Wildman–Crippen LogP) is 2.27. The van der Waals surface area contributed by atoms with Gasteiger partial charge in [-0.2, -0.15) is 0 Å². The van der Waals surface area contributed by atoms with Gasteiger partial charge in [0.15, 0.2) is 5.11 Å². The molecule has 0 saturated carbocycles. The van der Waals surface area contributed by atoms with Crippen LogP contribution in [0, 0.1) is 3.57 Å². The molecule has 29 heavy (non-hydrogen) atoms. The third-order valence-electron chi connectivity index (χ3n) is 3.61. The molecule has 2 amide bonds. The summed E-state index contributed by atoms with van der Waals surface area (Å²) < 4.78 is 16.4. The van der Waals surface area contributed by atoms with E-state index in [2.05, 4.69) is 38.8 Å². The Morgan fingerprint density at radius 2 is 1.76 bits per heavy atom. The van der Waals surface area contributed by atoms with E-state index in [1.54, 1.807) is 56.7 Å². The number of hydrogen-bond donors (Lipinski definition) is 3. The van der Waals surface area contributed by atoms with E-state index in [0.717, 1.165) is 3.57 Å². The standard InChI is InChI=1S/C19H20IN3O5S/c1-26-9-10-28-15-6-4-3-5-13(15)18(25)21-19(29)23-22-17(24)12-7-8-16(27-2)14(20)11-12/h3-8,11H,9-10H2,1-2H3,(H,22,24)(H2,21,23,25,29). The Balaban J connectivity index is 1.91. The maximum absolute atomic E-state index is 12.5. The van der Waals surface area contributed by atoms with Crippen LogP contribution in [0.3, 0.4) is 0 Å². The molecule has 0 radical (unpaired) electrons. The van der Waals surface area contributed by atoms with Gasteiger partial charge in [0.25, 0.3) is 11.8 Å². The fourth-order valence-electron chi connectivity index (χ4n) is 2.21. The molecule has 0 saturated heterocycles. The summed E-state index contributed by atoms with van der Waals surface area (Å²) in [5, 5.41) is 2.44. The lowest BCUT2D eigenvalue weighted by Crippen LogP contribution is -2.48. The van der Waals surface area contributed by atoms with E-state index < -0.39 is 11.8 Å². The zero-order chi connectivity index (χ0) is 21.2. The third-order valence-corrected chi connectivity index (χ3v) is 4.65. The fourth-order valence-corrected chi connectivity index (χ4v) is 3.09. The molecule has 0 bridgehead atoms. The summed E-state index contributed by atoms with van der Waals surface area (Å²) in [4.78, 5) is 24.7. The normalized spacial score (nSPS) is 10.0. The Bertz CT molecular complexity index is 894. The van der Waals surface area contributed by atoms with Gasteiger partial charge in [-0.05, 0) is 65.1 Å². The highest BCUT2D eigenvalue weighted by molar-refractivity contribution is 14.1. The number of benzene rings is 2.